The van der Waals surface area contributed by atoms with Crippen LogP contribution in [-0.2, 0) is 13.5 Å². The molecule has 0 bridgehead atoms. The van der Waals surface area contributed by atoms with E-state index in [1.54, 1.807) is 0 Å². The SMILES string of the molecule is CC(C)C(N)Cc1nc2ccccc2n1C. The summed E-state index contributed by atoms with van der Waals surface area (Å²) in [5.74, 6) is 1.56. The Morgan fingerprint density at radius 2 is 2.00 bits per heavy atom. The summed E-state index contributed by atoms with van der Waals surface area (Å²) in [4.78, 5) is 4.62. The number of imidazole rings is 1. The van der Waals surface area contributed by atoms with Crippen molar-refractivity contribution in [2.45, 2.75) is 26.3 Å². The van der Waals surface area contributed by atoms with Crippen LogP contribution in [-0.4, -0.2) is 15.6 Å². The van der Waals surface area contributed by atoms with Crippen molar-refractivity contribution < 1.29 is 0 Å². The number of aromatic nitrogens is 2. The number of benzene rings is 1. The van der Waals surface area contributed by atoms with Gasteiger partial charge in [-0.2, -0.15) is 0 Å². The third kappa shape index (κ3) is 1.95. The molecule has 0 saturated heterocycles. The fourth-order valence-corrected chi connectivity index (χ4v) is 1.82. The first-order valence-electron chi connectivity index (χ1n) is 5.75. The van der Waals surface area contributed by atoms with E-state index in [0.717, 1.165) is 17.8 Å². The molecule has 0 amide bonds. The standard InChI is InChI=1S/C13H19N3/c1-9(2)10(14)8-13-15-11-6-4-5-7-12(11)16(13)3/h4-7,9-10H,8,14H2,1-3H3. The zero-order chi connectivity index (χ0) is 11.7. The Balaban J connectivity index is 2.35. The van der Waals surface area contributed by atoms with Crippen LogP contribution in [0.1, 0.15) is 19.7 Å². The Hall–Kier alpha value is -1.35. The van der Waals surface area contributed by atoms with E-state index >= 15 is 0 Å². The molecule has 16 heavy (non-hydrogen) atoms. The minimum absolute atomic E-state index is 0.176. The Labute approximate surface area is 96.3 Å². The monoisotopic (exact) mass is 217 g/mol. The molecular formula is C13H19N3. The molecule has 2 rings (SSSR count). The third-order valence-electron chi connectivity index (χ3n) is 3.15. The Morgan fingerprint density at radius 3 is 2.62 bits per heavy atom. The van der Waals surface area contributed by atoms with Crippen molar-refractivity contribution in [3.8, 4) is 0 Å². The van der Waals surface area contributed by atoms with Gasteiger partial charge in [0.05, 0.1) is 11.0 Å². The quantitative estimate of drug-likeness (QED) is 0.855. The number of rotatable bonds is 3. The van der Waals surface area contributed by atoms with Gasteiger partial charge in [-0.15, -0.1) is 0 Å². The number of hydrogen-bond acceptors (Lipinski definition) is 2. The van der Waals surface area contributed by atoms with Crippen LogP contribution >= 0.6 is 0 Å². The Bertz CT molecular complexity index is 485. The minimum atomic E-state index is 0.176. The lowest BCUT2D eigenvalue weighted by Gasteiger charge is -2.14. The van der Waals surface area contributed by atoms with Gasteiger partial charge in [-0.05, 0) is 18.1 Å². The normalized spacial score (nSPS) is 13.6. The molecule has 1 atom stereocenters. The van der Waals surface area contributed by atoms with Crippen LogP contribution in [0.2, 0.25) is 0 Å². The molecule has 0 fully saturated rings. The van der Waals surface area contributed by atoms with E-state index in [1.165, 1.54) is 5.52 Å². The molecule has 1 aromatic carbocycles. The van der Waals surface area contributed by atoms with Gasteiger partial charge in [0.2, 0.25) is 0 Å². The number of nitrogens with two attached hydrogens (primary N) is 1. The first-order valence-corrected chi connectivity index (χ1v) is 5.75. The molecule has 3 nitrogen and oxygen atoms in total. The van der Waals surface area contributed by atoms with Crippen LogP contribution in [0.15, 0.2) is 24.3 Å². The summed E-state index contributed by atoms with van der Waals surface area (Å²) in [6, 6.07) is 8.36. The number of fused-ring (bicyclic) bond motifs is 1. The van der Waals surface area contributed by atoms with Crippen molar-refractivity contribution >= 4 is 11.0 Å². The molecule has 0 spiro atoms. The zero-order valence-corrected chi connectivity index (χ0v) is 10.1. The Morgan fingerprint density at radius 1 is 1.31 bits per heavy atom. The summed E-state index contributed by atoms with van der Waals surface area (Å²) in [6.07, 6.45) is 0.836. The fourth-order valence-electron chi connectivity index (χ4n) is 1.82. The highest BCUT2D eigenvalue weighted by atomic mass is 15.1. The van der Waals surface area contributed by atoms with Crippen LogP contribution in [0.5, 0.6) is 0 Å². The summed E-state index contributed by atoms with van der Waals surface area (Å²) >= 11 is 0. The van der Waals surface area contributed by atoms with Gasteiger partial charge in [0.1, 0.15) is 5.82 Å². The average molecular weight is 217 g/mol. The summed E-state index contributed by atoms with van der Waals surface area (Å²) in [5.41, 5.74) is 8.31. The van der Waals surface area contributed by atoms with Crippen LogP contribution in [0, 0.1) is 5.92 Å². The van der Waals surface area contributed by atoms with Crippen molar-refractivity contribution in [2.75, 3.05) is 0 Å². The van der Waals surface area contributed by atoms with Crippen molar-refractivity contribution in [1.82, 2.24) is 9.55 Å². The summed E-state index contributed by atoms with van der Waals surface area (Å²) in [7, 11) is 2.05. The van der Waals surface area contributed by atoms with Gasteiger partial charge < -0.3 is 10.3 Å². The third-order valence-corrected chi connectivity index (χ3v) is 3.15. The molecule has 1 unspecified atom stereocenters. The van der Waals surface area contributed by atoms with E-state index < -0.39 is 0 Å². The first kappa shape index (κ1) is 11.1. The molecule has 86 valence electrons. The molecule has 0 aliphatic rings. The number of hydrogen-bond donors (Lipinski definition) is 1. The molecule has 0 saturated carbocycles. The second kappa shape index (κ2) is 4.26. The van der Waals surface area contributed by atoms with Gasteiger partial charge in [0.25, 0.3) is 0 Å². The fraction of sp³-hybridized carbons (Fsp3) is 0.462. The van der Waals surface area contributed by atoms with Gasteiger partial charge >= 0.3 is 0 Å². The highest BCUT2D eigenvalue weighted by Gasteiger charge is 2.13. The minimum Gasteiger partial charge on any atom is -0.331 e. The van der Waals surface area contributed by atoms with E-state index in [1.807, 2.05) is 18.2 Å². The molecule has 1 aromatic heterocycles. The molecule has 0 aliphatic carbocycles. The van der Waals surface area contributed by atoms with E-state index in [9.17, 15) is 0 Å². The molecule has 1 heterocycles. The molecule has 0 radical (unpaired) electrons. The summed E-state index contributed by atoms with van der Waals surface area (Å²) in [5, 5.41) is 0. The van der Waals surface area contributed by atoms with Crippen LogP contribution in [0.3, 0.4) is 0 Å². The Kier molecular flexibility index (Phi) is 2.97. The van der Waals surface area contributed by atoms with Crippen molar-refractivity contribution in [2.24, 2.45) is 18.7 Å². The van der Waals surface area contributed by atoms with Crippen molar-refractivity contribution in [3.63, 3.8) is 0 Å². The largest absolute Gasteiger partial charge is 0.331 e. The highest BCUT2D eigenvalue weighted by molar-refractivity contribution is 5.75. The second-order valence-corrected chi connectivity index (χ2v) is 4.69. The topological polar surface area (TPSA) is 43.8 Å². The summed E-state index contributed by atoms with van der Waals surface area (Å²) < 4.78 is 2.14. The van der Waals surface area contributed by atoms with E-state index in [0.29, 0.717) is 5.92 Å². The molecule has 2 N–H and O–H groups in total. The highest BCUT2D eigenvalue weighted by Crippen LogP contribution is 2.16. The van der Waals surface area contributed by atoms with Gasteiger partial charge in [0.15, 0.2) is 0 Å². The van der Waals surface area contributed by atoms with Crippen molar-refractivity contribution in [1.29, 1.82) is 0 Å². The predicted molar refractivity (Wildman–Crippen MR) is 67.2 cm³/mol. The molecule has 3 heteroatoms. The predicted octanol–water partition coefficient (Wildman–Crippen LogP) is 2.10. The maximum absolute atomic E-state index is 6.09. The first-order chi connectivity index (χ1) is 7.59. The van der Waals surface area contributed by atoms with Gasteiger partial charge in [0, 0.05) is 19.5 Å². The lowest BCUT2D eigenvalue weighted by molar-refractivity contribution is 0.477. The van der Waals surface area contributed by atoms with Crippen LogP contribution < -0.4 is 5.73 Å². The molecular weight excluding hydrogens is 198 g/mol. The van der Waals surface area contributed by atoms with Gasteiger partial charge in [-0.25, -0.2) is 4.98 Å². The number of aryl methyl sites for hydroxylation is 1. The number of nitrogens with zero attached hydrogens (tertiary/aromatic N) is 2. The molecule has 0 aliphatic heterocycles. The maximum Gasteiger partial charge on any atom is 0.111 e. The second-order valence-electron chi connectivity index (χ2n) is 4.69. The lowest BCUT2D eigenvalue weighted by Crippen LogP contribution is -2.29. The van der Waals surface area contributed by atoms with E-state index in [2.05, 4.69) is 36.5 Å². The molecule has 2 aromatic rings. The summed E-state index contributed by atoms with van der Waals surface area (Å²) in [6.45, 7) is 4.29. The smallest absolute Gasteiger partial charge is 0.111 e. The van der Waals surface area contributed by atoms with Crippen LogP contribution in [0.4, 0.5) is 0 Å². The van der Waals surface area contributed by atoms with E-state index in [4.69, 9.17) is 5.73 Å². The van der Waals surface area contributed by atoms with Crippen LogP contribution in [0.25, 0.3) is 11.0 Å². The maximum atomic E-state index is 6.09. The van der Waals surface area contributed by atoms with Gasteiger partial charge in [-0.3, -0.25) is 0 Å². The van der Waals surface area contributed by atoms with Crippen molar-refractivity contribution in [3.05, 3.63) is 30.1 Å². The number of para-hydroxylation sites is 2. The average Bonchev–Trinajstić information content (AvgIpc) is 2.56. The van der Waals surface area contributed by atoms with Gasteiger partial charge in [-0.1, -0.05) is 26.0 Å². The zero-order valence-electron chi connectivity index (χ0n) is 10.1. The van der Waals surface area contributed by atoms with E-state index in [-0.39, 0.29) is 6.04 Å². The lowest BCUT2D eigenvalue weighted by atomic mass is 10.0.